The van der Waals surface area contributed by atoms with Crippen molar-refractivity contribution in [3.05, 3.63) is 59.8 Å². The lowest BCUT2D eigenvalue weighted by atomic mass is 10.1. The average Bonchev–Trinajstić information content (AvgIpc) is 3.09. The van der Waals surface area contributed by atoms with Crippen molar-refractivity contribution in [2.45, 2.75) is 0 Å². The molecule has 3 rings (SSSR count). The zero-order valence-electron chi connectivity index (χ0n) is 13.9. The molecule has 0 spiro atoms. The van der Waals surface area contributed by atoms with E-state index in [0.29, 0.717) is 22.6 Å². The van der Waals surface area contributed by atoms with Gasteiger partial charge in [-0.3, -0.25) is 4.79 Å². The fourth-order valence-electron chi connectivity index (χ4n) is 2.56. The minimum atomic E-state index is -0.562. The molecule has 128 valence electrons. The molecule has 0 amide bonds. The van der Waals surface area contributed by atoms with Gasteiger partial charge in [-0.05, 0) is 24.3 Å². The van der Waals surface area contributed by atoms with Gasteiger partial charge in [-0.2, -0.15) is 0 Å². The predicted molar refractivity (Wildman–Crippen MR) is 92.5 cm³/mol. The van der Waals surface area contributed by atoms with Crippen molar-refractivity contribution in [2.24, 2.45) is 0 Å². The predicted octanol–water partition coefficient (Wildman–Crippen LogP) is 3.22. The second kappa shape index (κ2) is 7.09. The van der Waals surface area contributed by atoms with E-state index < -0.39 is 5.97 Å². The highest BCUT2D eigenvalue weighted by atomic mass is 16.5. The third kappa shape index (κ3) is 3.33. The van der Waals surface area contributed by atoms with E-state index in [4.69, 9.17) is 14.2 Å². The molecule has 25 heavy (non-hydrogen) atoms. The van der Waals surface area contributed by atoms with Crippen molar-refractivity contribution in [3.8, 4) is 11.5 Å². The van der Waals surface area contributed by atoms with E-state index in [9.17, 15) is 9.59 Å². The van der Waals surface area contributed by atoms with E-state index in [1.165, 1.54) is 14.2 Å². The van der Waals surface area contributed by atoms with Crippen LogP contribution in [-0.4, -0.2) is 37.6 Å². The fourth-order valence-corrected chi connectivity index (χ4v) is 2.56. The number of carbonyl (C=O) groups excluding carboxylic acids is 2. The van der Waals surface area contributed by atoms with Gasteiger partial charge in [0.05, 0.1) is 25.3 Å². The molecule has 0 radical (unpaired) electrons. The zero-order chi connectivity index (χ0) is 17.8. The van der Waals surface area contributed by atoms with E-state index in [2.05, 4.69) is 4.98 Å². The lowest BCUT2D eigenvalue weighted by molar-refractivity contribution is 0.0476. The van der Waals surface area contributed by atoms with Crippen molar-refractivity contribution in [2.75, 3.05) is 20.8 Å². The molecule has 0 saturated carbocycles. The second-order valence-electron chi connectivity index (χ2n) is 5.31. The molecule has 0 fully saturated rings. The minimum Gasteiger partial charge on any atom is -0.497 e. The molecule has 1 heterocycles. The number of nitrogens with one attached hydrogen (secondary N) is 1. The Morgan fingerprint density at radius 2 is 1.80 bits per heavy atom. The molecular formula is C19H17NO5. The van der Waals surface area contributed by atoms with E-state index in [1.54, 1.807) is 24.4 Å². The molecule has 0 aliphatic carbocycles. The number of hydrogen-bond acceptors (Lipinski definition) is 5. The monoisotopic (exact) mass is 339 g/mol. The van der Waals surface area contributed by atoms with Crippen LogP contribution in [0.25, 0.3) is 10.9 Å². The molecule has 0 atom stereocenters. The number of carbonyl (C=O) groups is 2. The molecule has 0 aliphatic rings. The number of rotatable bonds is 6. The molecule has 0 aliphatic heterocycles. The third-order valence-corrected chi connectivity index (χ3v) is 3.85. The first kappa shape index (κ1) is 16.6. The van der Waals surface area contributed by atoms with Crippen molar-refractivity contribution in [1.29, 1.82) is 0 Å². The second-order valence-corrected chi connectivity index (χ2v) is 5.31. The Labute approximate surface area is 144 Å². The largest absolute Gasteiger partial charge is 0.497 e. The van der Waals surface area contributed by atoms with Crippen LogP contribution in [0, 0.1) is 0 Å². The van der Waals surface area contributed by atoms with Crippen molar-refractivity contribution >= 4 is 22.7 Å². The van der Waals surface area contributed by atoms with E-state index in [-0.39, 0.29) is 12.4 Å². The summed E-state index contributed by atoms with van der Waals surface area (Å²) in [6, 6.07) is 12.3. The normalized spacial score (nSPS) is 10.5. The van der Waals surface area contributed by atoms with Gasteiger partial charge in [-0.25, -0.2) is 4.79 Å². The number of fused-ring (bicyclic) bond motifs is 1. The number of ether oxygens (including phenoxy) is 3. The number of Topliss-reactive ketones (excluding diaryl/α,β-unsaturated/α-hetero) is 1. The van der Waals surface area contributed by atoms with Crippen LogP contribution in [-0.2, 0) is 4.74 Å². The number of hydrogen-bond donors (Lipinski definition) is 1. The maximum Gasteiger partial charge on any atom is 0.340 e. The highest BCUT2D eigenvalue weighted by molar-refractivity contribution is 6.06. The quantitative estimate of drug-likeness (QED) is 0.551. The number of ketones is 1. The number of aromatic nitrogens is 1. The molecule has 6 heteroatoms. The molecule has 0 unspecified atom stereocenters. The topological polar surface area (TPSA) is 77.6 Å². The molecule has 0 bridgehead atoms. The van der Waals surface area contributed by atoms with Gasteiger partial charge in [-0.1, -0.05) is 18.2 Å². The highest BCUT2D eigenvalue weighted by Gasteiger charge is 2.18. The Hall–Kier alpha value is -3.28. The fraction of sp³-hybridized carbons (Fsp3) is 0.158. The van der Waals surface area contributed by atoms with Gasteiger partial charge >= 0.3 is 5.97 Å². The van der Waals surface area contributed by atoms with Crippen LogP contribution < -0.4 is 9.47 Å². The minimum absolute atomic E-state index is 0.300. The Morgan fingerprint density at radius 1 is 1.00 bits per heavy atom. The Bertz CT molecular complexity index is 928. The maximum atomic E-state index is 12.4. The number of para-hydroxylation sites is 1. The first-order chi connectivity index (χ1) is 12.1. The smallest absolute Gasteiger partial charge is 0.340 e. The van der Waals surface area contributed by atoms with E-state index in [1.807, 2.05) is 24.3 Å². The van der Waals surface area contributed by atoms with Gasteiger partial charge < -0.3 is 19.2 Å². The summed E-state index contributed by atoms with van der Waals surface area (Å²) in [5.41, 5.74) is 1.52. The lowest BCUT2D eigenvalue weighted by Gasteiger charge is -2.10. The van der Waals surface area contributed by atoms with Crippen LogP contribution in [0.4, 0.5) is 0 Å². The van der Waals surface area contributed by atoms with Crippen LogP contribution in [0.2, 0.25) is 0 Å². The number of H-pyrrole nitrogens is 1. The summed E-state index contributed by atoms with van der Waals surface area (Å²) < 4.78 is 15.5. The van der Waals surface area contributed by atoms with Gasteiger partial charge in [0.1, 0.15) is 11.5 Å². The summed E-state index contributed by atoms with van der Waals surface area (Å²) in [6.45, 7) is -0.387. The lowest BCUT2D eigenvalue weighted by Crippen LogP contribution is -2.15. The van der Waals surface area contributed by atoms with Gasteiger partial charge in [0.2, 0.25) is 5.78 Å². The number of esters is 1. The van der Waals surface area contributed by atoms with Crippen LogP contribution >= 0.6 is 0 Å². The Kier molecular flexibility index (Phi) is 4.70. The van der Waals surface area contributed by atoms with E-state index in [0.717, 1.165) is 10.9 Å². The summed E-state index contributed by atoms with van der Waals surface area (Å²) >= 11 is 0. The first-order valence-electron chi connectivity index (χ1n) is 7.62. The third-order valence-electron chi connectivity index (χ3n) is 3.85. The summed E-state index contributed by atoms with van der Waals surface area (Å²) in [7, 11) is 2.98. The molecular weight excluding hydrogens is 322 g/mol. The zero-order valence-corrected chi connectivity index (χ0v) is 13.9. The number of aromatic amines is 1. The summed E-state index contributed by atoms with van der Waals surface area (Å²) in [5.74, 6) is -0.0161. The van der Waals surface area contributed by atoms with Gasteiger partial charge in [-0.15, -0.1) is 0 Å². The molecule has 3 aromatic rings. The standard InChI is InChI=1S/C19H17NO5/c1-23-12-7-8-18(24-2)14(9-12)17(21)11-25-19(22)15-10-20-16-6-4-3-5-13(15)16/h3-10,20H,11H2,1-2H3. The van der Waals surface area contributed by atoms with Gasteiger partial charge in [0, 0.05) is 17.1 Å². The van der Waals surface area contributed by atoms with E-state index >= 15 is 0 Å². The number of methoxy groups -OCH3 is 2. The van der Waals surface area contributed by atoms with Gasteiger partial charge in [0.25, 0.3) is 0 Å². The molecule has 1 aromatic heterocycles. The summed E-state index contributed by atoms with van der Waals surface area (Å²) in [6.07, 6.45) is 1.57. The highest BCUT2D eigenvalue weighted by Crippen LogP contribution is 2.25. The van der Waals surface area contributed by atoms with Crippen molar-refractivity contribution in [1.82, 2.24) is 4.98 Å². The SMILES string of the molecule is COc1ccc(OC)c(C(=O)COC(=O)c2c[nH]c3ccccc23)c1. The maximum absolute atomic E-state index is 12.4. The van der Waals surface area contributed by atoms with Crippen LogP contribution in [0.1, 0.15) is 20.7 Å². The first-order valence-corrected chi connectivity index (χ1v) is 7.62. The van der Waals surface area contributed by atoms with Gasteiger partial charge in [0.15, 0.2) is 6.61 Å². The van der Waals surface area contributed by atoms with Crippen LogP contribution in [0.5, 0.6) is 11.5 Å². The summed E-state index contributed by atoms with van der Waals surface area (Å²) in [5, 5.41) is 0.749. The molecule has 0 saturated heterocycles. The summed E-state index contributed by atoms with van der Waals surface area (Å²) in [4.78, 5) is 27.7. The molecule has 1 N–H and O–H groups in total. The Balaban J connectivity index is 1.75. The average molecular weight is 339 g/mol. The van der Waals surface area contributed by atoms with Crippen LogP contribution in [0.3, 0.4) is 0 Å². The van der Waals surface area contributed by atoms with Crippen molar-refractivity contribution in [3.63, 3.8) is 0 Å². The molecule has 2 aromatic carbocycles. The van der Waals surface area contributed by atoms with Crippen LogP contribution in [0.15, 0.2) is 48.7 Å². The number of benzene rings is 2. The molecule has 6 nitrogen and oxygen atoms in total. The Morgan fingerprint density at radius 3 is 2.56 bits per heavy atom. The van der Waals surface area contributed by atoms with Crippen molar-refractivity contribution < 1.29 is 23.8 Å².